The standard InChI is InChI=1S/C17H19BrN2O3/c1-22-14-5-3-2-4-13(14)20-9-8-12(11-20)10-19-17(21)15-6-7-16(18)23-15/h2-7,12H,8-11H2,1H3,(H,19,21)/t12-/m0/s1. The number of halogens is 1. The summed E-state index contributed by atoms with van der Waals surface area (Å²) in [7, 11) is 1.69. The zero-order chi connectivity index (χ0) is 16.2. The Morgan fingerprint density at radius 3 is 2.96 bits per heavy atom. The summed E-state index contributed by atoms with van der Waals surface area (Å²) < 4.78 is 11.2. The lowest BCUT2D eigenvalue weighted by Crippen LogP contribution is -2.30. The maximum absolute atomic E-state index is 12.0. The number of nitrogens with one attached hydrogen (secondary N) is 1. The highest BCUT2D eigenvalue weighted by Gasteiger charge is 2.25. The Labute approximate surface area is 143 Å². The van der Waals surface area contributed by atoms with Crippen molar-refractivity contribution < 1.29 is 13.9 Å². The number of nitrogens with zero attached hydrogens (tertiary/aromatic N) is 1. The Bertz CT molecular complexity index is 686. The monoisotopic (exact) mass is 378 g/mol. The fourth-order valence-corrected chi connectivity index (χ4v) is 3.18. The van der Waals surface area contributed by atoms with Crippen molar-refractivity contribution in [3.63, 3.8) is 0 Å². The number of para-hydroxylation sites is 2. The van der Waals surface area contributed by atoms with Crippen molar-refractivity contribution in [3.8, 4) is 5.75 Å². The van der Waals surface area contributed by atoms with Gasteiger partial charge in [0.05, 0.1) is 12.8 Å². The van der Waals surface area contributed by atoms with Crippen molar-refractivity contribution in [2.75, 3.05) is 31.6 Å². The van der Waals surface area contributed by atoms with Crippen LogP contribution in [0.2, 0.25) is 0 Å². The van der Waals surface area contributed by atoms with Gasteiger partial charge in [-0.3, -0.25) is 4.79 Å². The maximum Gasteiger partial charge on any atom is 0.287 e. The van der Waals surface area contributed by atoms with Crippen molar-refractivity contribution in [3.05, 3.63) is 46.8 Å². The third-order valence-corrected chi connectivity index (χ3v) is 4.49. The highest BCUT2D eigenvalue weighted by molar-refractivity contribution is 9.10. The van der Waals surface area contributed by atoms with Crippen LogP contribution in [0.25, 0.3) is 0 Å². The molecule has 0 unspecified atom stereocenters. The van der Waals surface area contributed by atoms with Crippen molar-refractivity contribution in [2.24, 2.45) is 5.92 Å². The number of methoxy groups -OCH3 is 1. The molecule has 1 N–H and O–H groups in total. The topological polar surface area (TPSA) is 54.7 Å². The molecule has 0 bridgehead atoms. The molecule has 2 heterocycles. The first-order valence-corrected chi connectivity index (χ1v) is 8.38. The van der Waals surface area contributed by atoms with Crippen LogP contribution in [0.5, 0.6) is 5.75 Å². The molecule has 0 saturated carbocycles. The van der Waals surface area contributed by atoms with Gasteiger partial charge in [-0.1, -0.05) is 12.1 Å². The Morgan fingerprint density at radius 2 is 2.22 bits per heavy atom. The molecule has 1 aromatic carbocycles. The van der Waals surface area contributed by atoms with Gasteiger partial charge in [-0.15, -0.1) is 0 Å². The molecule has 3 rings (SSSR count). The van der Waals surface area contributed by atoms with E-state index in [0.717, 1.165) is 30.9 Å². The minimum Gasteiger partial charge on any atom is -0.495 e. The molecule has 2 aromatic rings. The lowest BCUT2D eigenvalue weighted by atomic mass is 10.1. The van der Waals surface area contributed by atoms with Crippen molar-refractivity contribution in [1.82, 2.24) is 5.32 Å². The third-order valence-electron chi connectivity index (χ3n) is 4.06. The summed E-state index contributed by atoms with van der Waals surface area (Å²) in [4.78, 5) is 14.3. The predicted molar refractivity (Wildman–Crippen MR) is 92.1 cm³/mol. The van der Waals surface area contributed by atoms with Crippen LogP contribution in [0.1, 0.15) is 17.0 Å². The number of amides is 1. The zero-order valence-electron chi connectivity index (χ0n) is 12.9. The number of benzene rings is 1. The zero-order valence-corrected chi connectivity index (χ0v) is 14.5. The van der Waals surface area contributed by atoms with Crippen LogP contribution < -0.4 is 15.0 Å². The van der Waals surface area contributed by atoms with E-state index in [4.69, 9.17) is 9.15 Å². The molecule has 1 atom stereocenters. The van der Waals surface area contributed by atoms with E-state index in [2.05, 4.69) is 32.2 Å². The number of furan rings is 1. The normalized spacial score (nSPS) is 17.3. The molecular formula is C17H19BrN2O3. The number of carbonyl (C=O) groups is 1. The summed E-state index contributed by atoms with van der Waals surface area (Å²) in [5.41, 5.74) is 1.11. The van der Waals surface area contributed by atoms with E-state index in [1.165, 1.54) is 0 Å². The van der Waals surface area contributed by atoms with Gasteiger partial charge in [0, 0.05) is 19.6 Å². The molecule has 1 aliphatic heterocycles. The molecule has 5 nitrogen and oxygen atoms in total. The average molecular weight is 379 g/mol. The lowest BCUT2D eigenvalue weighted by Gasteiger charge is -2.21. The first kappa shape index (κ1) is 15.9. The van der Waals surface area contributed by atoms with Gasteiger partial charge in [0.2, 0.25) is 0 Å². The molecule has 1 fully saturated rings. The van der Waals surface area contributed by atoms with Gasteiger partial charge in [-0.2, -0.15) is 0 Å². The predicted octanol–water partition coefficient (Wildman–Crippen LogP) is 3.31. The highest BCUT2D eigenvalue weighted by atomic mass is 79.9. The van der Waals surface area contributed by atoms with Crippen LogP contribution >= 0.6 is 15.9 Å². The fourth-order valence-electron chi connectivity index (χ4n) is 2.87. The van der Waals surface area contributed by atoms with Gasteiger partial charge in [0.1, 0.15) is 5.75 Å². The molecule has 6 heteroatoms. The molecule has 23 heavy (non-hydrogen) atoms. The average Bonchev–Trinajstić information content (AvgIpc) is 3.21. The number of ether oxygens (including phenoxy) is 1. The fraction of sp³-hybridized carbons (Fsp3) is 0.353. The van der Waals surface area contributed by atoms with E-state index >= 15 is 0 Å². The van der Waals surface area contributed by atoms with Crippen LogP contribution in [-0.2, 0) is 0 Å². The molecule has 1 saturated heterocycles. The molecular weight excluding hydrogens is 360 g/mol. The first-order chi connectivity index (χ1) is 11.2. The second kappa shape index (κ2) is 7.08. The summed E-state index contributed by atoms with van der Waals surface area (Å²) >= 11 is 3.20. The van der Waals surface area contributed by atoms with Crippen molar-refractivity contribution in [2.45, 2.75) is 6.42 Å². The summed E-state index contributed by atoms with van der Waals surface area (Å²) in [6, 6.07) is 11.4. The van der Waals surface area contributed by atoms with Gasteiger partial charge >= 0.3 is 0 Å². The van der Waals surface area contributed by atoms with E-state index in [9.17, 15) is 4.79 Å². The lowest BCUT2D eigenvalue weighted by molar-refractivity contribution is 0.0919. The first-order valence-electron chi connectivity index (χ1n) is 7.59. The van der Waals surface area contributed by atoms with Gasteiger partial charge in [0.25, 0.3) is 5.91 Å². The SMILES string of the molecule is COc1ccccc1N1CC[C@@H](CNC(=O)c2ccc(Br)o2)C1. The van der Waals surface area contributed by atoms with Crippen LogP contribution in [-0.4, -0.2) is 32.7 Å². The maximum atomic E-state index is 12.0. The number of rotatable bonds is 5. The van der Waals surface area contributed by atoms with E-state index in [1.54, 1.807) is 19.2 Å². The van der Waals surface area contributed by atoms with Gasteiger partial charge in [-0.05, 0) is 52.5 Å². The van der Waals surface area contributed by atoms with Crippen LogP contribution in [0.3, 0.4) is 0 Å². The van der Waals surface area contributed by atoms with Crippen molar-refractivity contribution in [1.29, 1.82) is 0 Å². The quantitative estimate of drug-likeness (QED) is 0.866. The second-order valence-electron chi connectivity index (χ2n) is 5.59. The Kier molecular flexibility index (Phi) is 4.91. The molecule has 0 radical (unpaired) electrons. The molecule has 1 aliphatic rings. The van der Waals surface area contributed by atoms with E-state index < -0.39 is 0 Å². The smallest absolute Gasteiger partial charge is 0.287 e. The second-order valence-corrected chi connectivity index (χ2v) is 6.37. The summed E-state index contributed by atoms with van der Waals surface area (Å²) in [5.74, 6) is 1.46. The minimum absolute atomic E-state index is 0.175. The number of anilines is 1. The summed E-state index contributed by atoms with van der Waals surface area (Å²) in [5, 5.41) is 2.94. The highest BCUT2D eigenvalue weighted by Crippen LogP contribution is 2.31. The van der Waals surface area contributed by atoms with E-state index in [1.807, 2.05) is 18.2 Å². The van der Waals surface area contributed by atoms with Crippen LogP contribution in [0.4, 0.5) is 5.69 Å². The number of carbonyl (C=O) groups excluding carboxylic acids is 1. The van der Waals surface area contributed by atoms with E-state index in [-0.39, 0.29) is 5.91 Å². The largest absolute Gasteiger partial charge is 0.495 e. The van der Waals surface area contributed by atoms with Crippen LogP contribution in [0.15, 0.2) is 45.5 Å². The number of hydrogen-bond donors (Lipinski definition) is 1. The van der Waals surface area contributed by atoms with Gasteiger partial charge in [-0.25, -0.2) is 0 Å². The third kappa shape index (κ3) is 3.69. The molecule has 0 spiro atoms. The number of hydrogen-bond acceptors (Lipinski definition) is 4. The molecule has 0 aliphatic carbocycles. The molecule has 1 amide bonds. The Hall–Kier alpha value is -1.95. The summed E-state index contributed by atoms with van der Waals surface area (Å²) in [6.45, 7) is 2.51. The van der Waals surface area contributed by atoms with E-state index in [0.29, 0.717) is 22.9 Å². The Morgan fingerprint density at radius 1 is 1.39 bits per heavy atom. The Balaban J connectivity index is 1.55. The van der Waals surface area contributed by atoms with Crippen molar-refractivity contribution >= 4 is 27.5 Å². The molecule has 1 aromatic heterocycles. The van der Waals surface area contributed by atoms with Gasteiger partial charge in [0.15, 0.2) is 10.4 Å². The summed E-state index contributed by atoms with van der Waals surface area (Å²) in [6.07, 6.45) is 1.04. The van der Waals surface area contributed by atoms with Crippen LogP contribution in [0, 0.1) is 5.92 Å². The molecule has 122 valence electrons. The van der Waals surface area contributed by atoms with Gasteiger partial charge < -0.3 is 19.4 Å². The minimum atomic E-state index is -0.175.